The first kappa shape index (κ1) is 13.1. The van der Waals surface area contributed by atoms with Crippen LogP contribution in [0.3, 0.4) is 0 Å². The minimum atomic E-state index is -0.367. The normalized spacial score (nSPS) is 14.4. The molecule has 0 heterocycles. The number of benzene rings is 2. The van der Waals surface area contributed by atoms with Gasteiger partial charge in [0.05, 0.1) is 0 Å². The maximum absolute atomic E-state index is 11.6. The molecule has 100 valence electrons. The highest BCUT2D eigenvalue weighted by Crippen LogP contribution is 2.52. The van der Waals surface area contributed by atoms with Gasteiger partial charge in [-0.25, -0.2) is 0 Å². The number of hydrogen-bond donors (Lipinski definition) is 0. The number of carbonyl (C=O) groups is 1. The Bertz CT molecular complexity index is 642. The third-order valence-electron chi connectivity index (χ3n) is 4.11. The number of fused-ring (bicyclic) bond motifs is 3. The van der Waals surface area contributed by atoms with E-state index in [-0.39, 0.29) is 10.7 Å². The molecule has 0 bridgehead atoms. The van der Waals surface area contributed by atoms with E-state index in [1.165, 1.54) is 22.3 Å². The van der Waals surface area contributed by atoms with Gasteiger partial charge in [-0.2, -0.15) is 0 Å². The molecule has 1 aliphatic rings. The van der Waals surface area contributed by atoms with Gasteiger partial charge in [-0.3, -0.25) is 4.79 Å². The van der Waals surface area contributed by atoms with Gasteiger partial charge in [0.25, 0.3) is 0 Å². The molecule has 1 aliphatic carbocycles. The molecule has 1 nitrogen and oxygen atoms in total. The first-order chi connectivity index (χ1) is 9.69. The van der Waals surface area contributed by atoms with Crippen molar-refractivity contribution < 1.29 is 4.79 Å². The standard InChI is InChI=1S/C18H15ClO/c1-2-11-18(12-17(19)20)15-9-5-3-7-13(15)14-8-4-6-10-16(14)18/h2-10H,1,11-12H2. The van der Waals surface area contributed by atoms with Crippen LogP contribution in [-0.4, -0.2) is 5.24 Å². The molecule has 2 heteroatoms. The molecular weight excluding hydrogens is 268 g/mol. The minimum absolute atomic E-state index is 0.300. The molecule has 0 amide bonds. The Morgan fingerprint density at radius 1 is 1.05 bits per heavy atom. The molecule has 0 saturated heterocycles. The summed E-state index contributed by atoms with van der Waals surface area (Å²) in [5.41, 5.74) is 4.38. The Hall–Kier alpha value is -1.86. The Balaban J connectivity index is 2.32. The molecule has 0 fully saturated rings. The van der Waals surface area contributed by atoms with Crippen molar-refractivity contribution in [1.29, 1.82) is 0 Å². The van der Waals surface area contributed by atoms with Crippen molar-refractivity contribution in [3.8, 4) is 11.1 Å². The fourth-order valence-electron chi connectivity index (χ4n) is 3.38. The SMILES string of the molecule is C=CCC1(CC(=O)Cl)c2ccccc2-c2ccccc21. The van der Waals surface area contributed by atoms with E-state index < -0.39 is 0 Å². The van der Waals surface area contributed by atoms with Crippen molar-refractivity contribution in [3.63, 3.8) is 0 Å². The minimum Gasteiger partial charge on any atom is -0.281 e. The highest BCUT2D eigenvalue weighted by molar-refractivity contribution is 6.63. The maximum Gasteiger partial charge on any atom is 0.222 e. The summed E-state index contributed by atoms with van der Waals surface area (Å²) in [4.78, 5) is 11.6. The highest BCUT2D eigenvalue weighted by Gasteiger charge is 2.43. The molecule has 0 atom stereocenters. The zero-order chi connectivity index (χ0) is 14.2. The van der Waals surface area contributed by atoms with Gasteiger partial charge in [-0.15, -0.1) is 6.58 Å². The van der Waals surface area contributed by atoms with Gasteiger partial charge in [0.1, 0.15) is 0 Å². The lowest BCUT2D eigenvalue weighted by Crippen LogP contribution is -2.26. The van der Waals surface area contributed by atoms with E-state index in [1.54, 1.807) is 0 Å². The fourth-order valence-corrected chi connectivity index (χ4v) is 3.61. The smallest absolute Gasteiger partial charge is 0.222 e. The third-order valence-corrected chi connectivity index (χ3v) is 4.24. The number of allylic oxidation sites excluding steroid dienone is 1. The van der Waals surface area contributed by atoms with Crippen molar-refractivity contribution in [1.82, 2.24) is 0 Å². The van der Waals surface area contributed by atoms with E-state index in [4.69, 9.17) is 11.6 Å². The predicted octanol–water partition coefficient (Wildman–Crippen LogP) is 4.68. The molecule has 0 aromatic heterocycles. The van der Waals surface area contributed by atoms with Crippen LogP contribution in [0.2, 0.25) is 0 Å². The van der Waals surface area contributed by atoms with Crippen LogP contribution in [0.1, 0.15) is 24.0 Å². The van der Waals surface area contributed by atoms with Crippen LogP contribution in [-0.2, 0) is 10.2 Å². The molecular formula is C18H15ClO. The van der Waals surface area contributed by atoms with Crippen molar-refractivity contribution in [2.45, 2.75) is 18.3 Å². The van der Waals surface area contributed by atoms with Crippen molar-refractivity contribution >= 4 is 16.8 Å². The number of hydrogen-bond acceptors (Lipinski definition) is 1. The first-order valence-electron chi connectivity index (χ1n) is 6.67. The van der Waals surface area contributed by atoms with Gasteiger partial charge in [-0.1, -0.05) is 54.6 Å². The van der Waals surface area contributed by atoms with Crippen LogP contribution in [0.5, 0.6) is 0 Å². The summed E-state index contributed by atoms with van der Waals surface area (Å²) >= 11 is 5.74. The van der Waals surface area contributed by atoms with Crippen LogP contribution >= 0.6 is 11.6 Å². The van der Waals surface area contributed by atoms with Crippen LogP contribution in [0.15, 0.2) is 61.2 Å². The van der Waals surface area contributed by atoms with Gasteiger partial charge >= 0.3 is 0 Å². The lowest BCUT2D eigenvalue weighted by atomic mass is 9.73. The van der Waals surface area contributed by atoms with Crippen LogP contribution < -0.4 is 0 Å². The van der Waals surface area contributed by atoms with Gasteiger partial charge in [0, 0.05) is 11.8 Å². The molecule has 0 N–H and O–H groups in total. The Kier molecular flexibility index (Phi) is 3.23. The third kappa shape index (κ3) is 1.82. The average Bonchev–Trinajstić information content (AvgIpc) is 2.71. The van der Waals surface area contributed by atoms with Crippen molar-refractivity contribution in [2.24, 2.45) is 0 Å². The van der Waals surface area contributed by atoms with E-state index in [2.05, 4.69) is 30.8 Å². The Labute approximate surface area is 123 Å². The summed E-state index contributed by atoms with van der Waals surface area (Å²) in [5.74, 6) is 0. The van der Waals surface area contributed by atoms with E-state index >= 15 is 0 Å². The molecule has 20 heavy (non-hydrogen) atoms. The molecule has 3 rings (SSSR count). The second kappa shape index (κ2) is 4.92. The Morgan fingerprint density at radius 3 is 2.00 bits per heavy atom. The molecule has 2 aromatic rings. The van der Waals surface area contributed by atoms with Crippen LogP contribution in [0.4, 0.5) is 0 Å². The monoisotopic (exact) mass is 282 g/mol. The summed E-state index contributed by atoms with van der Waals surface area (Å²) in [7, 11) is 0. The maximum atomic E-state index is 11.6. The van der Waals surface area contributed by atoms with Gasteiger partial charge in [0.15, 0.2) is 0 Å². The summed E-state index contributed by atoms with van der Waals surface area (Å²) in [6.07, 6.45) is 2.88. The average molecular weight is 283 g/mol. The largest absolute Gasteiger partial charge is 0.281 e. The van der Waals surface area contributed by atoms with Crippen LogP contribution in [0.25, 0.3) is 11.1 Å². The number of halogens is 1. The summed E-state index contributed by atoms with van der Waals surface area (Å²) in [5, 5.41) is -0.307. The highest BCUT2D eigenvalue weighted by atomic mass is 35.5. The second-order valence-electron chi connectivity index (χ2n) is 5.20. The lowest BCUT2D eigenvalue weighted by molar-refractivity contribution is -0.112. The molecule has 0 aliphatic heterocycles. The van der Waals surface area contributed by atoms with Gasteiger partial charge in [-0.05, 0) is 40.3 Å². The van der Waals surface area contributed by atoms with Crippen molar-refractivity contribution in [2.75, 3.05) is 0 Å². The predicted molar refractivity (Wildman–Crippen MR) is 82.9 cm³/mol. The van der Waals surface area contributed by atoms with E-state index in [9.17, 15) is 4.79 Å². The fraction of sp³-hybridized carbons (Fsp3) is 0.167. The molecule has 0 spiro atoms. The number of rotatable bonds is 4. The molecule has 0 unspecified atom stereocenters. The lowest BCUT2D eigenvalue weighted by Gasteiger charge is -2.29. The zero-order valence-corrected chi connectivity index (χ0v) is 11.9. The molecule has 0 saturated carbocycles. The van der Waals surface area contributed by atoms with E-state index in [1.807, 2.05) is 30.3 Å². The van der Waals surface area contributed by atoms with E-state index in [0.717, 1.165) is 0 Å². The zero-order valence-electron chi connectivity index (χ0n) is 11.1. The second-order valence-corrected chi connectivity index (χ2v) is 5.62. The summed E-state index contributed by atoms with van der Waals surface area (Å²) < 4.78 is 0. The molecule has 0 radical (unpaired) electrons. The topological polar surface area (TPSA) is 17.1 Å². The summed E-state index contributed by atoms with van der Waals surface area (Å²) in [6.45, 7) is 3.87. The van der Waals surface area contributed by atoms with Crippen LogP contribution in [0, 0.1) is 0 Å². The quantitative estimate of drug-likeness (QED) is 0.587. The Morgan fingerprint density at radius 2 is 1.55 bits per heavy atom. The summed E-state index contributed by atoms with van der Waals surface area (Å²) in [6, 6.07) is 16.5. The van der Waals surface area contributed by atoms with Gasteiger partial charge in [0.2, 0.25) is 5.24 Å². The number of carbonyl (C=O) groups excluding carboxylic acids is 1. The van der Waals surface area contributed by atoms with E-state index in [0.29, 0.717) is 12.8 Å². The molecule has 2 aromatic carbocycles. The van der Waals surface area contributed by atoms with Gasteiger partial charge < -0.3 is 0 Å². The first-order valence-corrected chi connectivity index (χ1v) is 7.05. The van der Waals surface area contributed by atoms with Crippen molar-refractivity contribution in [3.05, 3.63) is 72.3 Å².